The molecule has 4 rings (SSSR count). The van der Waals surface area contributed by atoms with Crippen LogP contribution in [0.25, 0.3) is 11.3 Å². The largest absolute Gasteiger partial charge is 0.374 e. The van der Waals surface area contributed by atoms with Gasteiger partial charge < -0.3 is 5.32 Å². The van der Waals surface area contributed by atoms with E-state index in [0.29, 0.717) is 11.8 Å². The number of hydrogen-bond donors (Lipinski definition) is 1. The van der Waals surface area contributed by atoms with Gasteiger partial charge in [-0.1, -0.05) is 100 Å². The monoisotopic (exact) mass is 420 g/mol. The van der Waals surface area contributed by atoms with Crippen LogP contribution in [0.3, 0.4) is 0 Å². The Labute approximate surface area is 192 Å². The van der Waals surface area contributed by atoms with Crippen LogP contribution in [0.2, 0.25) is 0 Å². The molecule has 32 heavy (non-hydrogen) atoms. The molecule has 162 valence electrons. The molecule has 0 aliphatic carbocycles. The third-order valence-corrected chi connectivity index (χ3v) is 5.98. The summed E-state index contributed by atoms with van der Waals surface area (Å²) in [4.78, 5) is 4.56. The van der Waals surface area contributed by atoms with Crippen LogP contribution < -0.4 is 5.32 Å². The molecular formula is C30H32N2. The fourth-order valence-electron chi connectivity index (χ4n) is 4.28. The van der Waals surface area contributed by atoms with Gasteiger partial charge in [0, 0.05) is 17.4 Å². The van der Waals surface area contributed by atoms with Crippen molar-refractivity contribution in [3.8, 4) is 11.3 Å². The quantitative estimate of drug-likeness (QED) is 0.326. The first-order chi connectivity index (χ1) is 15.5. The summed E-state index contributed by atoms with van der Waals surface area (Å²) in [6.07, 6.45) is 1.85. The highest BCUT2D eigenvalue weighted by Gasteiger charge is 2.20. The molecule has 0 aliphatic rings. The summed E-state index contributed by atoms with van der Waals surface area (Å²) in [7, 11) is 0. The number of hydrogen-bond acceptors (Lipinski definition) is 2. The van der Waals surface area contributed by atoms with Crippen LogP contribution in [0.15, 0.2) is 97.2 Å². The molecule has 0 radical (unpaired) electrons. The lowest BCUT2D eigenvalue weighted by molar-refractivity contribution is 0.821. The maximum Gasteiger partial charge on any atom is 0.0767 e. The van der Waals surface area contributed by atoms with E-state index in [2.05, 4.69) is 117 Å². The second-order valence-electron chi connectivity index (χ2n) is 8.95. The van der Waals surface area contributed by atoms with Gasteiger partial charge in [0.2, 0.25) is 0 Å². The summed E-state index contributed by atoms with van der Waals surface area (Å²) >= 11 is 0. The van der Waals surface area contributed by atoms with Crippen LogP contribution in [-0.2, 0) is 0 Å². The lowest BCUT2D eigenvalue weighted by Crippen LogP contribution is -2.16. The molecule has 0 bridgehead atoms. The minimum atomic E-state index is 0.0391. The molecule has 0 amide bonds. The zero-order chi connectivity index (χ0) is 22.5. The van der Waals surface area contributed by atoms with Crippen LogP contribution in [0.1, 0.15) is 67.8 Å². The molecule has 0 saturated heterocycles. The number of nitrogens with one attached hydrogen (secondary N) is 1. The number of pyridine rings is 1. The van der Waals surface area contributed by atoms with Crippen molar-refractivity contribution in [1.82, 2.24) is 4.98 Å². The van der Waals surface area contributed by atoms with Crippen LogP contribution >= 0.6 is 0 Å². The van der Waals surface area contributed by atoms with E-state index in [-0.39, 0.29) is 6.04 Å². The average molecular weight is 421 g/mol. The van der Waals surface area contributed by atoms with Gasteiger partial charge in [0.25, 0.3) is 0 Å². The van der Waals surface area contributed by atoms with E-state index in [1.165, 1.54) is 27.9 Å². The van der Waals surface area contributed by atoms with Gasteiger partial charge in [0.05, 0.1) is 11.7 Å². The number of benzene rings is 3. The Bertz CT molecular complexity index is 1120. The number of aromatic nitrogens is 1. The van der Waals surface area contributed by atoms with Gasteiger partial charge in [-0.3, -0.25) is 4.98 Å². The van der Waals surface area contributed by atoms with E-state index >= 15 is 0 Å². The van der Waals surface area contributed by atoms with Crippen LogP contribution in [0, 0.1) is 0 Å². The summed E-state index contributed by atoms with van der Waals surface area (Å²) in [6, 6.07) is 32.3. The van der Waals surface area contributed by atoms with Gasteiger partial charge in [-0.15, -0.1) is 0 Å². The molecule has 1 heterocycles. The van der Waals surface area contributed by atoms with E-state index in [9.17, 15) is 0 Å². The fourth-order valence-corrected chi connectivity index (χ4v) is 4.28. The molecule has 2 heteroatoms. The highest BCUT2D eigenvalue weighted by atomic mass is 14.9. The van der Waals surface area contributed by atoms with Crippen molar-refractivity contribution in [3.63, 3.8) is 0 Å². The average Bonchev–Trinajstić information content (AvgIpc) is 2.83. The van der Waals surface area contributed by atoms with E-state index in [0.717, 1.165) is 11.3 Å². The number of anilines is 1. The first kappa shape index (κ1) is 21.8. The predicted octanol–water partition coefficient (Wildman–Crippen LogP) is 8.20. The maximum atomic E-state index is 4.56. The predicted molar refractivity (Wildman–Crippen MR) is 136 cm³/mol. The van der Waals surface area contributed by atoms with Crippen molar-refractivity contribution in [3.05, 3.63) is 119 Å². The van der Waals surface area contributed by atoms with Crippen LogP contribution in [0.4, 0.5) is 5.69 Å². The molecule has 0 saturated carbocycles. The number of para-hydroxylation sites is 1. The molecule has 2 nitrogen and oxygen atoms in total. The fraction of sp³-hybridized carbons (Fsp3) is 0.233. The van der Waals surface area contributed by atoms with Gasteiger partial charge in [0.15, 0.2) is 0 Å². The van der Waals surface area contributed by atoms with Gasteiger partial charge in [-0.05, 0) is 52.3 Å². The summed E-state index contributed by atoms with van der Waals surface area (Å²) in [6.45, 7) is 9.07. The molecule has 0 aliphatic heterocycles. The zero-order valence-electron chi connectivity index (χ0n) is 19.4. The zero-order valence-corrected chi connectivity index (χ0v) is 19.4. The van der Waals surface area contributed by atoms with E-state index in [1.54, 1.807) is 0 Å². The summed E-state index contributed by atoms with van der Waals surface area (Å²) in [5.74, 6) is 0.875. The maximum absolute atomic E-state index is 4.56. The summed E-state index contributed by atoms with van der Waals surface area (Å²) < 4.78 is 0. The smallest absolute Gasteiger partial charge is 0.0767 e. The first-order valence-electron chi connectivity index (χ1n) is 11.5. The molecule has 4 aromatic rings. The summed E-state index contributed by atoms with van der Waals surface area (Å²) in [5.41, 5.74) is 8.58. The Morgan fingerprint density at radius 2 is 1.25 bits per heavy atom. The Morgan fingerprint density at radius 3 is 1.88 bits per heavy atom. The second-order valence-corrected chi connectivity index (χ2v) is 8.95. The van der Waals surface area contributed by atoms with Crippen molar-refractivity contribution >= 4 is 5.69 Å². The number of nitrogens with zero attached hydrogens (tertiary/aromatic N) is 1. The molecule has 1 aromatic heterocycles. The molecule has 0 spiro atoms. The molecule has 3 aromatic carbocycles. The number of rotatable bonds is 7. The third kappa shape index (κ3) is 4.75. The topological polar surface area (TPSA) is 24.9 Å². The Morgan fingerprint density at radius 1 is 0.625 bits per heavy atom. The third-order valence-electron chi connectivity index (χ3n) is 5.98. The van der Waals surface area contributed by atoms with Crippen molar-refractivity contribution in [2.24, 2.45) is 0 Å². The normalized spacial score (nSPS) is 12.2. The standard InChI is InChI=1S/C30H32N2/c1-21(2)26-16-11-17-27(22(3)4)30(26)32-29(23-12-6-5-7-13-23)25-15-10-14-24(20-25)28-18-8-9-19-31-28/h5-22,29,32H,1-4H3. The Kier molecular flexibility index (Phi) is 6.70. The van der Waals surface area contributed by atoms with Crippen LogP contribution in [-0.4, -0.2) is 4.98 Å². The van der Waals surface area contributed by atoms with E-state index in [1.807, 2.05) is 18.3 Å². The lowest BCUT2D eigenvalue weighted by atomic mass is 9.90. The van der Waals surface area contributed by atoms with E-state index in [4.69, 9.17) is 0 Å². The van der Waals surface area contributed by atoms with Gasteiger partial charge in [-0.25, -0.2) is 0 Å². The van der Waals surface area contributed by atoms with Gasteiger partial charge in [0.1, 0.15) is 0 Å². The molecule has 1 N–H and O–H groups in total. The lowest BCUT2D eigenvalue weighted by Gasteiger charge is -2.27. The van der Waals surface area contributed by atoms with E-state index < -0.39 is 0 Å². The Balaban J connectivity index is 1.83. The van der Waals surface area contributed by atoms with Gasteiger partial charge in [-0.2, -0.15) is 0 Å². The molecule has 0 fully saturated rings. The van der Waals surface area contributed by atoms with Crippen molar-refractivity contribution in [2.75, 3.05) is 5.32 Å². The SMILES string of the molecule is CC(C)c1cccc(C(C)C)c1NC(c1ccccc1)c1cccc(-c2ccccn2)c1. The molecule has 1 unspecified atom stereocenters. The highest BCUT2D eigenvalue weighted by molar-refractivity contribution is 5.64. The van der Waals surface area contributed by atoms with Gasteiger partial charge >= 0.3 is 0 Å². The Hall–Kier alpha value is -3.39. The minimum absolute atomic E-state index is 0.0391. The van der Waals surface area contributed by atoms with Crippen molar-refractivity contribution in [1.29, 1.82) is 0 Å². The minimum Gasteiger partial charge on any atom is -0.374 e. The van der Waals surface area contributed by atoms with Crippen molar-refractivity contribution in [2.45, 2.75) is 45.6 Å². The second kappa shape index (κ2) is 9.82. The first-order valence-corrected chi connectivity index (χ1v) is 11.5. The molecular weight excluding hydrogens is 388 g/mol. The summed E-state index contributed by atoms with van der Waals surface area (Å²) in [5, 5.41) is 3.97. The molecule has 1 atom stereocenters. The van der Waals surface area contributed by atoms with Crippen molar-refractivity contribution < 1.29 is 0 Å². The van der Waals surface area contributed by atoms with Crippen LogP contribution in [0.5, 0.6) is 0 Å². The highest BCUT2D eigenvalue weighted by Crippen LogP contribution is 2.37.